The van der Waals surface area contributed by atoms with Crippen LogP contribution in [0.2, 0.25) is 0 Å². The molecule has 0 aromatic carbocycles. The van der Waals surface area contributed by atoms with Crippen LogP contribution in [0.25, 0.3) is 0 Å². The molecule has 1 N–H and O–H groups in total. The van der Waals surface area contributed by atoms with Crippen molar-refractivity contribution < 1.29 is 5.11 Å². The Morgan fingerprint density at radius 2 is 1.78 bits per heavy atom. The van der Waals surface area contributed by atoms with Crippen molar-refractivity contribution in [3.8, 4) is 0 Å². The predicted molar refractivity (Wildman–Crippen MR) is 76.7 cm³/mol. The quantitative estimate of drug-likeness (QED) is 0.756. The van der Waals surface area contributed by atoms with Crippen molar-refractivity contribution in [2.45, 2.75) is 76.4 Å². The van der Waals surface area contributed by atoms with E-state index in [0.29, 0.717) is 0 Å². The maximum absolute atomic E-state index is 10.8. The van der Waals surface area contributed by atoms with Gasteiger partial charge >= 0.3 is 0 Å². The highest BCUT2D eigenvalue weighted by molar-refractivity contribution is 5.06. The summed E-state index contributed by atoms with van der Waals surface area (Å²) >= 11 is 0. The molecule has 1 saturated heterocycles. The van der Waals surface area contributed by atoms with Gasteiger partial charge in [0.15, 0.2) is 0 Å². The van der Waals surface area contributed by atoms with Crippen LogP contribution in [0, 0.1) is 0 Å². The molecule has 1 saturated carbocycles. The molecule has 0 spiro atoms. The molecule has 1 aliphatic carbocycles. The normalized spacial score (nSPS) is 26.1. The van der Waals surface area contributed by atoms with Gasteiger partial charge in [-0.25, -0.2) is 0 Å². The van der Waals surface area contributed by atoms with E-state index in [9.17, 15) is 5.11 Å². The summed E-state index contributed by atoms with van der Waals surface area (Å²) in [5.74, 6) is 0. The first kappa shape index (κ1) is 14.1. The van der Waals surface area contributed by atoms with Gasteiger partial charge in [-0.05, 0) is 51.6 Å². The molecule has 0 aromatic heterocycles. The lowest BCUT2D eigenvalue weighted by Crippen LogP contribution is -2.56. The Balaban J connectivity index is 2.07. The van der Waals surface area contributed by atoms with Gasteiger partial charge in [0.2, 0.25) is 0 Å². The molecule has 2 nitrogen and oxygen atoms in total. The predicted octanol–water partition coefficient (Wildman–Crippen LogP) is 3.50. The van der Waals surface area contributed by atoms with Crippen LogP contribution in [-0.4, -0.2) is 34.7 Å². The summed E-state index contributed by atoms with van der Waals surface area (Å²) in [6.45, 7) is 8.60. The second kappa shape index (κ2) is 6.21. The van der Waals surface area contributed by atoms with Gasteiger partial charge in [-0.15, -0.1) is 0 Å². The molecule has 1 atom stereocenters. The standard InChI is InChI=1S/C16H29NO/c1-3-14(2)13-15(18)16(9-5-6-10-16)17-11-7-4-8-12-17/h15,18H,2-13H2,1H3. The van der Waals surface area contributed by atoms with Gasteiger partial charge < -0.3 is 5.11 Å². The van der Waals surface area contributed by atoms with E-state index in [1.54, 1.807) is 0 Å². The highest BCUT2D eigenvalue weighted by atomic mass is 16.3. The molecular formula is C16H29NO. The number of hydrogen-bond donors (Lipinski definition) is 1. The zero-order chi connectivity index (χ0) is 13.0. The molecule has 0 bridgehead atoms. The minimum absolute atomic E-state index is 0.0819. The maximum atomic E-state index is 10.8. The Morgan fingerprint density at radius 1 is 1.17 bits per heavy atom. The Morgan fingerprint density at radius 3 is 2.33 bits per heavy atom. The Labute approximate surface area is 112 Å². The minimum atomic E-state index is -0.203. The average Bonchev–Trinajstić information content (AvgIpc) is 2.90. The molecule has 2 fully saturated rings. The number of likely N-dealkylation sites (tertiary alicyclic amines) is 1. The Hall–Kier alpha value is -0.340. The van der Waals surface area contributed by atoms with E-state index in [1.165, 1.54) is 63.6 Å². The lowest BCUT2D eigenvalue weighted by molar-refractivity contribution is -0.0382. The number of aliphatic hydroxyl groups is 1. The first-order valence-corrected chi connectivity index (χ1v) is 7.79. The van der Waals surface area contributed by atoms with Crippen molar-refractivity contribution in [2.24, 2.45) is 0 Å². The van der Waals surface area contributed by atoms with Gasteiger partial charge in [-0.3, -0.25) is 4.90 Å². The van der Waals surface area contributed by atoms with E-state index < -0.39 is 0 Å². The van der Waals surface area contributed by atoms with Crippen LogP contribution in [0.1, 0.15) is 64.7 Å². The van der Waals surface area contributed by atoms with E-state index >= 15 is 0 Å². The molecule has 0 aromatic rings. The van der Waals surface area contributed by atoms with E-state index in [-0.39, 0.29) is 11.6 Å². The lowest BCUT2D eigenvalue weighted by atomic mass is 9.83. The van der Waals surface area contributed by atoms with Crippen molar-refractivity contribution in [1.82, 2.24) is 4.90 Å². The van der Waals surface area contributed by atoms with Crippen molar-refractivity contribution in [3.05, 3.63) is 12.2 Å². The van der Waals surface area contributed by atoms with Gasteiger partial charge in [0.1, 0.15) is 0 Å². The fourth-order valence-electron chi connectivity index (χ4n) is 3.79. The van der Waals surface area contributed by atoms with Crippen LogP contribution < -0.4 is 0 Å². The smallest absolute Gasteiger partial charge is 0.0760 e. The number of nitrogens with zero attached hydrogens (tertiary/aromatic N) is 1. The summed E-state index contributed by atoms with van der Waals surface area (Å²) in [6, 6.07) is 0. The van der Waals surface area contributed by atoms with Crippen molar-refractivity contribution >= 4 is 0 Å². The number of rotatable bonds is 5. The van der Waals surface area contributed by atoms with E-state index in [0.717, 1.165) is 12.8 Å². The van der Waals surface area contributed by atoms with Gasteiger partial charge in [0, 0.05) is 5.54 Å². The fraction of sp³-hybridized carbons (Fsp3) is 0.875. The zero-order valence-electron chi connectivity index (χ0n) is 12.0. The molecule has 2 aliphatic rings. The summed E-state index contributed by atoms with van der Waals surface area (Å²) in [7, 11) is 0. The average molecular weight is 251 g/mol. The van der Waals surface area contributed by atoms with E-state index in [4.69, 9.17) is 0 Å². The van der Waals surface area contributed by atoms with Gasteiger partial charge in [0.05, 0.1) is 6.10 Å². The molecule has 18 heavy (non-hydrogen) atoms. The number of aliphatic hydroxyl groups excluding tert-OH is 1. The number of piperidine rings is 1. The molecule has 1 aliphatic heterocycles. The molecule has 1 heterocycles. The van der Waals surface area contributed by atoms with Crippen molar-refractivity contribution in [1.29, 1.82) is 0 Å². The molecule has 1 unspecified atom stereocenters. The lowest BCUT2D eigenvalue weighted by Gasteiger charge is -2.46. The highest BCUT2D eigenvalue weighted by Crippen LogP contribution is 2.41. The highest BCUT2D eigenvalue weighted by Gasteiger charge is 2.45. The van der Waals surface area contributed by atoms with Crippen LogP contribution in [-0.2, 0) is 0 Å². The third kappa shape index (κ3) is 2.80. The van der Waals surface area contributed by atoms with Gasteiger partial charge in [-0.1, -0.05) is 38.3 Å². The zero-order valence-corrected chi connectivity index (χ0v) is 12.0. The Kier molecular flexibility index (Phi) is 4.85. The van der Waals surface area contributed by atoms with Gasteiger partial charge in [0.25, 0.3) is 0 Å². The topological polar surface area (TPSA) is 23.5 Å². The summed E-state index contributed by atoms with van der Waals surface area (Å²) in [5.41, 5.74) is 1.28. The maximum Gasteiger partial charge on any atom is 0.0760 e. The largest absolute Gasteiger partial charge is 0.391 e. The summed E-state index contributed by atoms with van der Waals surface area (Å²) in [4.78, 5) is 2.61. The minimum Gasteiger partial charge on any atom is -0.391 e. The summed E-state index contributed by atoms with van der Waals surface area (Å²) in [6.07, 6.45) is 10.5. The third-order valence-corrected chi connectivity index (χ3v) is 5.06. The van der Waals surface area contributed by atoms with Crippen LogP contribution in [0.4, 0.5) is 0 Å². The molecule has 2 heteroatoms. The third-order valence-electron chi connectivity index (χ3n) is 5.06. The van der Waals surface area contributed by atoms with Crippen LogP contribution >= 0.6 is 0 Å². The fourth-order valence-corrected chi connectivity index (χ4v) is 3.79. The van der Waals surface area contributed by atoms with E-state index in [1.807, 2.05) is 0 Å². The molecule has 0 amide bonds. The molecule has 2 rings (SSSR count). The van der Waals surface area contributed by atoms with E-state index in [2.05, 4.69) is 18.4 Å². The van der Waals surface area contributed by atoms with Crippen LogP contribution in [0.3, 0.4) is 0 Å². The number of hydrogen-bond acceptors (Lipinski definition) is 2. The second-order valence-electron chi connectivity index (χ2n) is 6.18. The Bertz CT molecular complexity index is 275. The molecule has 104 valence electrons. The SMILES string of the molecule is C=C(CC)CC(O)C1(N2CCCCC2)CCCC1. The first-order valence-electron chi connectivity index (χ1n) is 7.79. The summed E-state index contributed by atoms with van der Waals surface area (Å²) < 4.78 is 0. The summed E-state index contributed by atoms with van der Waals surface area (Å²) in [5, 5.41) is 10.8. The second-order valence-corrected chi connectivity index (χ2v) is 6.18. The molecule has 0 radical (unpaired) electrons. The van der Waals surface area contributed by atoms with Crippen molar-refractivity contribution in [3.63, 3.8) is 0 Å². The van der Waals surface area contributed by atoms with Crippen LogP contribution in [0.15, 0.2) is 12.2 Å². The monoisotopic (exact) mass is 251 g/mol. The molecular weight excluding hydrogens is 222 g/mol. The first-order chi connectivity index (χ1) is 8.69. The van der Waals surface area contributed by atoms with Gasteiger partial charge in [-0.2, -0.15) is 0 Å². The van der Waals surface area contributed by atoms with Crippen molar-refractivity contribution in [2.75, 3.05) is 13.1 Å². The van der Waals surface area contributed by atoms with Crippen LogP contribution in [0.5, 0.6) is 0 Å².